The number of hydrogen-bond donors (Lipinski definition) is 1. The highest BCUT2D eigenvalue weighted by molar-refractivity contribution is 6.04. The number of phenols is 1. The number of aromatic hydroxyl groups is 1. The molecule has 2 aliphatic rings. The fourth-order valence-electron chi connectivity index (χ4n) is 3.90. The molecule has 0 saturated heterocycles. The molecule has 28 heavy (non-hydrogen) atoms. The Morgan fingerprint density at radius 3 is 2.54 bits per heavy atom. The number of benzene rings is 3. The zero-order valence-corrected chi connectivity index (χ0v) is 15.4. The van der Waals surface area contributed by atoms with Crippen LogP contribution < -0.4 is 9.47 Å². The smallest absolute Gasteiger partial charge is 0.213 e. The number of nitrogens with zero attached hydrogens (tertiary/aromatic N) is 2. The van der Waals surface area contributed by atoms with Crippen molar-refractivity contribution in [2.45, 2.75) is 18.7 Å². The van der Waals surface area contributed by atoms with Gasteiger partial charge in [0, 0.05) is 23.1 Å². The number of methoxy groups -OCH3 is 1. The quantitative estimate of drug-likeness (QED) is 0.728. The van der Waals surface area contributed by atoms with Crippen molar-refractivity contribution in [2.24, 2.45) is 5.10 Å². The Kier molecular flexibility index (Phi) is 3.93. The monoisotopic (exact) mass is 372 g/mol. The first-order valence-corrected chi connectivity index (χ1v) is 9.28. The van der Waals surface area contributed by atoms with Crippen LogP contribution in [0.3, 0.4) is 0 Å². The van der Waals surface area contributed by atoms with Crippen LogP contribution in [0, 0.1) is 0 Å². The van der Waals surface area contributed by atoms with Gasteiger partial charge >= 0.3 is 0 Å². The van der Waals surface area contributed by atoms with E-state index in [2.05, 4.69) is 6.07 Å². The van der Waals surface area contributed by atoms with Crippen LogP contribution in [0.4, 0.5) is 0 Å². The van der Waals surface area contributed by atoms with Gasteiger partial charge in [0.15, 0.2) is 0 Å². The molecule has 5 nitrogen and oxygen atoms in total. The summed E-state index contributed by atoms with van der Waals surface area (Å²) in [4.78, 5) is 0. The van der Waals surface area contributed by atoms with Crippen molar-refractivity contribution < 1.29 is 14.6 Å². The van der Waals surface area contributed by atoms with Gasteiger partial charge < -0.3 is 14.6 Å². The van der Waals surface area contributed by atoms with Crippen molar-refractivity contribution in [1.29, 1.82) is 0 Å². The molecule has 2 atom stereocenters. The third-order valence-corrected chi connectivity index (χ3v) is 5.31. The topological polar surface area (TPSA) is 54.3 Å². The first-order valence-electron chi connectivity index (χ1n) is 9.28. The van der Waals surface area contributed by atoms with Crippen LogP contribution in [0.25, 0.3) is 0 Å². The fraction of sp³-hybridized carbons (Fsp3) is 0.174. The van der Waals surface area contributed by atoms with E-state index in [1.54, 1.807) is 13.2 Å². The Morgan fingerprint density at radius 1 is 1.00 bits per heavy atom. The van der Waals surface area contributed by atoms with Crippen molar-refractivity contribution in [3.05, 3.63) is 89.5 Å². The molecule has 0 radical (unpaired) electrons. The van der Waals surface area contributed by atoms with Crippen molar-refractivity contribution in [3.8, 4) is 17.2 Å². The number of fused-ring (bicyclic) bond motifs is 3. The molecule has 0 spiro atoms. The molecule has 3 aromatic rings. The van der Waals surface area contributed by atoms with E-state index < -0.39 is 0 Å². The highest BCUT2D eigenvalue weighted by Crippen LogP contribution is 2.47. The van der Waals surface area contributed by atoms with Gasteiger partial charge in [0.05, 0.1) is 18.9 Å². The summed E-state index contributed by atoms with van der Waals surface area (Å²) in [5, 5.41) is 17.2. The van der Waals surface area contributed by atoms with E-state index in [0.29, 0.717) is 6.42 Å². The minimum Gasteiger partial charge on any atom is -0.507 e. The maximum atomic E-state index is 10.3. The molecule has 0 aromatic heterocycles. The molecule has 0 unspecified atom stereocenters. The number of phenolic OH excluding ortho intramolecular Hbond substituents is 1. The Hall–Kier alpha value is -3.47. The van der Waals surface area contributed by atoms with Gasteiger partial charge in [0.2, 0.25) is 6.23 Å². The van der Waals surface area contributed by atoms with Gasteiger partial charge in [-0.3, -0.25) is 0 Å². The second-order valence-corrected chi connectivity index (χ2v) is 6.94. The predicted molar refractivity (Wildman–Crippen MR) is 107 cm³/mol. The van der Waals surface area contributed by atoms with Crippen molar-refractivity contribution in [2.75, 3.05) is 7.11 Å². The van der Waals surface area contributed by atoms with E-state index in [-0.39, 0.29) is 18.0 Å². The van der Waals surface area contributed by atoms with Crippen LogP contribution in [0.1, 0.15) is 35.4 Å². The SMILES string of the molecule is COc1ccc([C@H]2Oc3ccccc3[C@@H]3CC(c4ccccc4O)=NN23)cc1. The third kappa shape index (κ3) is 2.67. The molecular formula is C23H20N2O3. The standard InChI is InChI=1S/C23H20N2O3/c1-27-16-12-10-15(11-13-16)23-25-20(18-7-3-5-9-22(18)28-23)14-19(24-25)17-6-2-4-8-21(17)26/h2-13,20,23,26H,14H2,1H3/t20-,23+/m0/s1. The molecule has 0 saturated carbocycles. The van der Waals surface area contributed by atoms with Crippen LogP contribution in [-0.4, -0.2) is 22.9 Å². The molecule has 1 N–H and O–H groups in total. The Labute approximate surface area is 163 Å². The van der Waals surface area contributed by atoms with Gasteiger partial charge in [-0.05, 0) is 42.5 Å². The lowest BCUT2D eigenvalue weighted by molar-refractivity contribution is -0.0190. The van der Waals surface area contributed by atoms with E-state index >= 15 is 0 Å². The zero-order valence-electron chi connectivity index (χ0n) is 15.4. The van der Waals surface area contributed by atoms with Crippen molar-refractivity contribution in [1.82, 2.24) is 5.01 Å². The average molecular weight is 372 g/mol. The number of rotatable bonds is 3. The number of hydrazone groups is 1. The van der Waals surface area contributed by atoms with Gasteiger partial charge in [-0.25, -0.2) is 5.01 Å². The highest BCUT2D eigenvalue weighted by atomic mass is 16.5. The summed E-state index contributed by atoms with van der Waals surface area (Å²) in [6.45, 7) is 0. The van der Waals surface area contributed by atoms with Crippen LogP contribution >= 0.6 is 0 Å². The lowest BCUT2D eigenvalue weighted by Gasteiger charge is -2.38. The van der Waals surface area contributed by atoms with Crippen LogP contribution in [0.15, 0.2) is 77.9 Å². The highest BCUT2D eigenvalue weighted by Gasteiger charge is 2.41. The molecule has 0 fully saturated rings. The van der Waals surface area contributed by atoms with Gasteiger partial charge in [0.25, 0.3) is 0 Å². The third-order valence-electron chi connectivity index (χ3n) is 5.31. The molecule has 5 heteroatoms. The molecule has 2 heterocycles. The van der Waals surface area contributed by atoms with Gasteiger partial charge in [-0.1, -0.05) is 30.3 Å². The van der Waals surface area contributed by atoms with Crippen LogP contribution in [0.5, 0.6) is 17.2 Å². The number of para-hydroxylation sites is 2. The maximum Gasteiger partial charge on any atom is 0.213 e. The molecule has 3 aromatic carbocycles. The van der Waals surface area contributed by atoms with Crippen molar-refractivity contribution in [3.63, 3.8) is 0 Å². The fourth-order valence-corrected chi connectivity index (χ4v) is 3.90. The van der Waals surface area contributed by atoms with Gasteiger partial charge in [0.1, 0.15) is 17.2 Å². The number of hydrogen-bond acceptors (Lipinski definition) is 5. The Bertz CT molecular complexity index is 1050. The van der Waals surface area contributed by atoms with E-state index in [9.17, 15) is 5.11 Å². The second-order valence-electron chi connectivity index (χ2n) is 6.94. The summed E-state index contributed by atoms with van der Waals surface area (Å²) in [6.07, 6.45) is 0.374. The first kappa shape index (κ1) is 16.7. The zero-order chi connectivity index (χ0) is 19.1. The van der Waals surface area contributed by atoms with E-state index in [4.69, 9.17) is 14.6 Å². The summed E-state index contributed by atoms with van der Waals surface area (Å²) in [6, 6.07) is 23.3. The normalized spacial score (nSPS) is 20.0. The van der Waals surface area contributed by atoms with E-state index in [1.807, 2.05) is 65.7 Å². The summed E-state index contributed by atoms with van der Waals surface area (Å²) < 4.78 is 11.6. The molecule has 0 bridgehead atoms. The minimum atomic E-state index is -0.339. The van der Waals surface area contributed by atoms with Gasteiger partial charge in [-0.15, -0.1) is 0 Å². The van der Waals surface area contributed by atoms with Crippen LogP contribution in [0.2, 0.25) is 0 Å². The molecule has 140 valence electrons. The van der Waals surface area contributed by atoms with E-state index in [1.165, 1.54) is 0 Å². The van der Waals surface area contributed by atoms with Crippen LogP contribution in [-0.2, 0) is 0 Å². The molecular weight excluding hydrogens is 352 g/mol. The molecule has 0 aliphatic carbocycles. The maximum absolute atomic E-state index is 10.3. The van der Waals surface area contributed by atoms with E-state index in [0.717, 1.165) is 33.9 Å². The molecule has 5 rings (SSSR count). The Morgan fingerprint density at radius 2 is 1.75 bits per heavy atom. The molecule has 2 aliphatic heterocycles. The summed E-state index contributed by atoms with van der Waals surface area (Å²) in [5.74, 6) is 1.92. The Balaban J connectivity index is 1.59. The summed E-state index contributed by atoms with van der Waals surface area (Å²) in [7, 11) is 1.65. The average Bonchev–Trinajstić information content (AvgIpc) is 3.19. The predicted octanol–water partition coefficient (Wildman–Crippen LogP) is 4.64. The summed E-state index contributed by atoms with van der Waals surface area (Å²) in [5.41, 5.74) is 3.74. The lowest BCUT2D eigenvalue weighted by atomic mass is 9.95. The largest absolute Gasteiger partial charge is 0.507 e. The minimum absolute atomic E-state index is 0.0617. The lowest BCUT2D eigenvalue weighted by Crippen LogP contribution is -2.33. The first-order chi connectivity index (χ1) is 13.7. The van der Waals surface area contributed by atoms with Gasteiger partial charge in [-0.2, -0.15) is 5.10 Å². The van der Waals surface area contributed by atoms with Crippen molar-refractivity contribution >= 4 is 5.71 Å². The number of ether oxygens (including phenoxy) is 2. The molecule has 0 amide bonds. The summed E-state index contributed by atoms with van der Waals surface area (Å²) >= 11 is 0. The second kappa shape index (κ2) is 6.60.